The second-order valence-electron chi connectivity index (χ2n) is 4.25. The molecule has 0 aromatic heterocycles. The van der Waals surface area contributed by atoms with Crippen molar-refractivity contribution < 1.29 is 9.18 Å². The lowest BCUT2D eigenvalue weighted by atomic mass is 10.1. The van der Waals surface area contributed by atoms with Crippen molar-refractivity contribution in [1.29, 1.82) is 0 Å². The van der Waals surface area contributed by atoms with Gasteiger partial charge in [0.05, 0.1) is 5.25 Å². The van der Waals surface area contributed by atoms with Gasteiger partial charge in [-0.05, 0) is 23.8 Å². The maximum Gasteiger partial charge on any atom is 0.151 e. The molecule has 18 heavy (non-hydrogen) atoms. The van der Waals surface area contributed by atoms with E-state index in [1.54, 1.807) is 17.8 Å². The van der Waals surface area contributed by atoms with Crippen LogP contribution >= 0.6 is 39.5 Å². The second kappa shape index (κ2) is 6.44. The first kappa shape index (κ1) is 14.4. The SMILES string of the molecule is CC1SCCSC1C(=O)Cc1cc(F)ccc1Br. The van der Waals surface area contributed by atoms with Crippen molar-refractivity contribution in [2.75, 3.05) is 11.5 Å². The Morgan fingerprint density at radius 1 is 1.44 bits per heavy atom. The third kappa shape index (κ3) is 3.52. The first-order valence-electron chi connectivity index (χ1n) is 5.78. The van der Waals surface area contributed by atoms with E-state index in [-0.39, 0.29) is 16.9 Å². The minimum Gasteiger partial charge on any atom is -0.298 e. The lowest BCUT2D eigenvalue weighted by Gasteiger charge is -2.26. The van der Waals surface area contributed by atoms with Crippen molar-refractivity contribution in [2.45, 2.75) is 23.8 Å². The topological polar surface area (TPSA) is 17.1 Å². The van der Waals surface area contributed by atoms with E-state index in [2.05, 4.69) is 22.9 Å². The summed E-state index contributed by atoms with van der Waals surface area (Å²) in [6.45, 7) is 2.10. The van der Waals surface area contributed by atoms with Crippen LogP contribution in [0, 0.1) is 5.82 Å². The van der Waals surface area contributed by atoms with Crippen molar-refractivity contribution in [3.05, 3.63) is 34.1 Å². The molecule has 1 saturated heterocycles. The second-order valence-corrected chi connectivity index (χ2v) is 7.84. The van der Waals surface area contributed by atoms with Crippen molar-refractivity contribution in [2.24, 2.45) is 0 Å². The summed E-state index contributed by atoms with van der Waals surface area (Å²) in [6.07, 6.45) is 0.306. The van der Waals surface area contributed by atoms with Crippen LogP contribution < -0.4 is 0 Å². The highest BCUT2D eigenvalue weighted by atomic mass is 79.9. The van der Waals surface area contributed by atoms with Gasteiger partial charge in [0, 0.05) is 27.6 Å². The number of carbonyl (C=O) groups is 1. The van der Waals surface area contributed by atoms with Gasteiger partial charge in [0.25, 0.3) is 0 Å². The van der Waals surface area contributed by atoms with Gasteiger partial charge in [0.2, 0.25) is 0 Å². The fraction of sp³-hybridized carbons (Fsp3) is 0.462. The maximum atomic E-state index is 13.2. The van der Waals surface area contributed by atoms with Crippen LogP contribution in [0.4, 0.5) is 4.39 Å². The number of rotatable bonds is 3. The molecule has 0 N–H and O–H groups in total. The van der Waals surface area contributed by atoms with E-state index >= 15 is 0 Å². The van der Waals surface area contributed by atoms with Crippen LogP contribution in [0.3, 0.4) is 0 Å². The van der Waals surface area contributed by atoms with Crippen LogP contribution in [0.1, 0.15) is 12.5 Å². The highest BCUT2D eigenvalue weighted by molar-refractivity contribution is 9.10. The van der Waals surface area contributed by atoms with Gasteiger partial charge in [-0.1, -0.05) is 22.9 Å². The van der Waals surface area contributed by atoms with Gasteiger partial charge in [0.1, 0.15) is 5.82 Å². The molecule has 0 amide bonds. The molecule has 1 aromatic carbocycles. The first-order valence-corrected chi connectivity index (χ1v) is 8.67. The largest absolute Gasteiger partial charge is 0.298 e. The molecule has 0 radical (unpaired) electrons. The molecule has 1 heterocycles. The summed E-state index contributed by atoms with van der Waals surface area (Å²) in [7, 11) is 0. The lowest BCUT2D eigenvalue weighted by molar-refractivity contribution is -0.117. The lowest BCUT2D eigenvalue weighted by Crippen LogP contribution is -2.32. The van der Waals surface area contributed by atoms with Crippen molar-refractivity contribution in [1.82, 2.24) is 0 Å². The molecule has 2 atom stereocenters. The normalized spacial score (nSPS) is 23.9. The number of benzene rings is 1. The van der Waals surface area contributed by atoms with Gasteiger partial charge in [-0.25, -0.2) is 4.39 Å². The van der Waals surface area contributed by atoms with Crippen molar-refractivity contribution in [3.63, 3.8) is 0 Å². The Morgan fingerprint density at radius 2 is 2.17 bits per heavy atom. The summed E-state index contributed by atoms with van der Waals surface area (Å²) < 4.78 is 14.0. The number of thioether (sulfide) groups is 2. The van der Waals surface area contributed by atoms with Crippen LogP contribution in [0.5, 0.6) is 0 Å². The smallest absolute Gasteiger partial charge is 0.151 e. The minimum absolute atomic E-state index is 0.0407. The third-order valence-electron chi connectivity index (χ3n) is 2.88. The molecule has 1 aliphatic rings. The summed E-state index contributed by atoms with van der Waals surface area (Å²) in [6, 6.07) is 4.49. The molecule has 2 rings (SSSR count). The highest BCUT2D eigenvalue weighted by Crippen LogP contribution is 2.32. The zero-order valence-electron chi connectivity index (χ0n) is 9.99. The molecule has 1 fully saturated rings. The number of hydrogen-bond acceptors (Lipinski definition) is 3. The van der Waals surface area contributed by atoms with Crippen LogP contribution in [-0.2, 0) is 11.2 Å². The van der Waals surface area contributed by atoms with Gasteiger partial charge < -0.3 is 0 Å². The Hall–Kier alpha value is -0.000000000000000111. The molecule has 5 heteroatoms. The maximum absolute atomic E-state index is 13.2. The van der Waals surface area contributed by atoms with Crippen LogP contribution in [-0.4, -0.2) is 27.8 Å². The Balaban J connectivity index is 2.08. The molecule has 98 valence electrons. The monoisotopic (exact) mass is 348 g/mol. The van der Waals surface area contributed by atoms with Crippen molar-refractivity contribution in [3.8, 4) is 0 Å². The van der Waals surface area contributed by atoms with Gasteiger partial charge >= 0.3 is 0 Å². The van der Waals surface area contributed by atoms with E-state index in [4.69, 9.17) is 0 Å². The van der Waals surface area contributed by atoms with Gasteiger partial charge in [-0.3, -0.25) is 4.79 Å². The number of hydrogen-bond donors (Lipinski definition) is 0. The zero-order valence-corrected chi connectivity index (χ0v) is 13.2. The molecule has 0 saturated carbocycles. The van der Waals surface area contributed by atoms with E-state index < -0.39 is 0 Å². The molecular weight excluding hydrogens is 335 g/mol. The fourth-order valence-electron chi connectivity index (χ4n) is 1.95. The first-order chi connectivity index (χ1) is 8.58. The van der Waals surface area contributed by atoms with E-state index in [1.807, 2.05) is 11.8 Å². The summed E-state index contributed by atoms with van der Waals surface area (Å²) in [4.78, 5) is 12.3. The standard InChI is InChI=1S/C13H14BrFOS2/c1-8-13(18-5-4-17-8)12(16)7-9-6-10(15)2-3-11(9)14/h2-3,6,8,13H,4-5,7H2,1H3. The molecule has 1 nitrogen and oxygen atoms in total. The molecule has 2 unspecified atom stereocenters. The molecule has 1 aromatic rings. The third-order valence-corrected chi connectivity index (χ3v) is 6.79. The van der Waals surface area contributed by atoms with Crippen LogP contribution in [0.25, 0.3) is 0 Å². The van der Waals surface area contributed by atoms with E-state index in [1.165, 1.54) is 12.1 Å². The minimum atomic E-state index is -0.292. The number of halogens is 2. The zero-order chi connectivity index (χ0) is 13.1. The van der Waals surface area contributed by atoms with E-state index in [0.717, 1.165) is 21.5 Å². The summed E-state index contributed by atoms with van der Waals surface area (Å²) in [5, 5.41) is 0.391. The van der Waals surface area contributed by atoms with Crippen LogP contribution in [0.2, 0.25) is 0 Å². The number of carbonyl (C=O) groups excluding carboxylic acids is 1. The Bertz CT molecular complexity index is 453. The Kier molecular flexibility index (Phi) is 5.15. The molecule has 0 spiro atoms. The summed E-state index contributed by atoms with van der Waals surface area (Å²) in [5.74, 6) is 2.04. The molecular formula is C13H14BrFOS2. The molecule has 1 aliphatic heterocycles. The Morgan fingerprint density at radius 3 is 2.89 bits per heavy atom. The predicted octanol–water partition coefficient (Wildman–Crippen LogP) is 3.94. The molecule has 0 bridgehead atoms. The number of ketones is 1. The number of Topliss-reactive ketones (excluding diaryl/α,β-unsaturated/α-hetero) is 1. The molecule has 0 aliphatic carbocycles. The summed E-state index contributed by atoms with van der Waals surface area (Å²) >= 11 is 6.94. The highest BCUT2D eigenvalue weighted by Gasteiger charge is 2.29. The predicted molar refractivity (Wildman–Crippen MR) is 81.0 cm³/mol. The fourth-order valence-corrected chi connectivity index (χ4v) is 5.07. The quantitative estimate of drug-likeness (QED) is 0.823. The Labute approximate surface area is 123 Å². The average molecular weight is 349 g/mol. The van der Waals surface area contributed by atoms with Gasteiger partial charge in [0.15, 0.2) is 5.78 Å². The van der Waals surface area contributed by atoms with E-state index in [0.29, 0.717) is 11.7 Å². The van der Waals surface area contributed by atoms with Gasteiger partial charge in [-0.15, -0.1) is 11.8 Å². The van der Waals surface area contributed by atoms with E-state index in [9.17, 15) is 9.18 Å². The average Bonchev–Trinajstić information content (AvgIpc) is 2.34. The van der Waals surface area contributed by atoms with Gasteiger partial charge in [-0.2, -0.15) is 11.8 Å². The summed E-state index contributed by atoms with van der Waals surface area (Å²) in [5.41, 5.74) is 0.739. The van der Waals surface area contributed by atoms with Crippen molar-refractivity contribution >= 4 is 45.2 Å². The van der Waals surface area contributed by atoms with Crippen LogP contribution in [0.15, 0.2) is 22.7 Å².